The number of carbonyl (C=O) groups is 4. The summed E-state index contributed by atoms with van der Waals surface area (Å²) in [5.74, 6) is -0.781. The molecular weight excluding hydrogens is 844 g/mol. The van der Waals surface area contributed by atoms with E-state index in [9.17, 15) is 37.6 Å². The zero-order chi connectivity index (χ0) is 42.8. The Balaban J connectivity index is 0.00000683. The van der Waals surface area contributed by atoms with Gasteiger partial charge >= 0.3 is 6.18 Å². The van der Waals surface area contributed by atoms with Crippen LogP contribution in [-0.2, 0) is 31.8 Å². The number of hydrogen-bond donors (Lipinski definition) is 3. The summed E-state index contributed by atoms with van der Waals surface area (Å²) in [6.07, 6.45) is -3.62. The molecule has 0 spiro atoms. The Hall–Kier alpha value is -4.99. The second-order valence-electron chi connectivity index (χ2n) is 15.2. The molecular formula is C41H45Cl2F3N8O5S. The number of ether oxygens (including phenoxy) is 1. The lowest BCUT2D eigenvalue weighted by Crippen LogP contribution is -2.54. The van der Waals surface area contributed by atoms with Crippen LogP contribution in [0.25, 0.3) is 0 Å². The molecule has 2 atom stereocenters. The van der Waals surface area contributed by atoms with Crippen molar-refractivity contribution in [2.45, 2.75) is 70.8 Å². The molecule has 1 unspecified atom stereocenters. The molecule has 4 amide bonds. The average Bonchev–Trinajstić information content (AvgIpc) is 3.34. The van der Waals surface area contributed by atoms with Gasteiger partial charge in [-0.25, -0.2) is 0 Å². The number of halogens is 5. The third kappa shape index (κ3) is 10.1. The van der Waals surface area contributed by atoms with E-state index in [1.165, 1.54) is 6.07 Å². The number of nitriles is 1. The zero-order valence-corrected chi connectivity index (χ0v) is 35.7. The van der Waals surface area contributed by atoms with Gasteiger partial charge in [0, 0.05) is 60.7 Å². The lowest BCUT2D eigenvalue weighted by Gasteiger charge is -2.39. The Labute approximate surface area is 362 Å². The second kappa shape index (κ2) is 18.7. The molecule has 3 aromatic rings. The van der Waals surface area contributed by atoms with Crippen LogP contribution in [0.4, 0.5) is 35.9 Å². The maximum atomic E-state index is 13.8. The first-order valence-corrected chi connectivity index (χ1v) is 19.9. The van der Waals surface area contributed by atoms with Crippen LogP contribution in [0, 0.1) is 11.3 Å². The Morgan fingerprint density at radius 3 is 2.45 bits per heavy atom. The van der Waals surface area contributed by atoms with Crippen molar-refractivity contribution in [1.29, 1.82) is 5.26 Å². The normalized spacial score (nSPS) is 19.7. The smallest absolute Gasteiger partial charge is 0.417 e. The molecule has 19 heteroatoms. The van der Waals surface area contributed by atoms with Crippen molar-refractivity contribution in [1.82, 2.24) is 15.1 Å². The number of aryl methyl sites for hydroxylation is 1. The highest BCUT2D eigenvalue weighted by molar-refractivity contribution is 7.81. The number of carbonyl (C=O) groups excluding carboxylic acids is 4. The van der Waals surface area contributed by atoms with Gasteiger partial charge in [0.25, 0.3) is 5.91 Å². The van der Waals surface area contributed by atoms with Crippen LogP contribution in [0.15, 0.2) is 54.6 Å². The van der Waals surface area contributed by atoms with Gasteiger partial charge in [0.05, 0.1) is 29.4 Å². The van der Waals surface area contributed by atoms with Gasteiger partial charge in [0.15, 0.2) is 5.11 Å². The molecule has 3 aromatic carbocycles. The average molecular weight is 890 g/mol. The molecule has 3 saturated heterocycles. The van der Waals surface area contributed by atoms with Gasteiger partial charge in [-0.15, -0.1) is 12.4 Å². The van der Waals surface area contributed by atoms with Crippen LogP contribution in [-0.4, -0.2) is 95.5 Å². The fraction of sp³-hybridized carbons (Fsp3) is 0.415. The molecule has 0 saturated carbocycles. The Morgan fingerprint density at radius 1 is 1.07 bits per heavy atom. The maximum absolute atomic E-state index is 13.8. The predicted molar refractivity (Wildman–Crippen MR) is 229 cm³/mol. The van der Waals surface area contributed by atoms with Crippen molar-refractivity contribution in [2.24, 2.45) is 0 Å². The highest BCUT2D eigenvalue weighted by Crippen LogP contribution is 2.40. The summed E-state index contributed by atoms with van der Waals surface area (Å²) in [7, 11) is 0. The predicted octanol–water partition coefficient (Wildman–Crippen LogP) is 6.37. The first kappa shape index (κ1) is 46.1. The number of benzene rings is 3. The summed E-state index contributed by atoms with van der Waals surface area (Å²) < 4.78 is 47.6. The number of rotatable bonds is 12. The number of alkyl halides is 3. The first-order valence-electron chi connectivity index (χ1n) is 19.1. The highest BCUT2D eigenvalue weighted by atomic mass is 35.5. The van der Waals surface area contributed by atoms with Crippen molar-refractivity contribution >= 4 is 87.7 Å². The van der Waals surface area contributed by atoms with Gasteiger partial charge in [-0.1, -0.05) is 18.5 Å². The van der Waals surface area contributed by atoms with E-state index in [2.05, 4.69) is 32.7 Å². The third-order valence-electron chi connectivity index (χ3n) is 10.7. The van der Waals surface area contributed by atoms with E-state index >= 15 is 0 Å². The number of nitrogens with one attached hydrogen (secondary N) is 3. The second-order valence-corrected chi connectivity index (χ2v) is 16.0. The number of hydrogen-bond acceptors (Lipinski definition) is 10. The fourth-order valence-corrected chi connectivity index (χ4v) is 8.29. The quantitative estimate of drug-likeness (QED) is 0.138. The molecule has 3 heterocycles. The molecule has 0 aliphatic carbocycles. The van der Waals surface area contributed by atoms with E-state index < -0.39 is 40.7 Å². The summed E-state index contributed by atoms with van der Waals surface area (Å²) in [6.45, 7) is 10.6. The Bertz CT molecular complexity index is 2220. The van der Waals surface area contributed by atoms with Gasteiger partial charge in [0.1, 0.15) is 23.9 Å². The van der Waals surface area contributed by atoms with Crippen molar-refractivity contribution < 1.29 is 37.1 Å². The van der Waals surface area contributed by atoms with E-state index in [1.807, 2.05) is 13.0 Å². The lowest BCUT2D eigenvalue weighted by atomic mass is 10.0. The van der Waals surface area contributed by atoms with Gasteiger partial charge in [-0.2, -0.15) is 18.4 Å². The fourth-order valence-electron chi connectivity index (χ4n) is 7.54. The molecule has 0 radical (unpaired) electrons. The molecule has 13 nitrogen and oxygen atoms in total. The molecule has 6 rings (SSSR count). The van der Waals surface area contributed by atoms with Gasteiger partial charge in [-0.05, 0) is 106 Å². The number of imide groups is 1. The monoisotopic (exact) mass is 888 g/mol. The topological polar surface area (TPSA) is 150 Å². The summed E-state index contributed by atoms with van der Waals surface area (Å²) in [5.41, 5.74) is -0.543. The molecule has 320 valence electrons. The SMILES string of the molecule is CCc1cc(N2C(=S)N(c3ccc(C#N)c(C(F)(F)F)c3)C(=O)C2(C)C)ccc1OCCN1CCN(CC(=O)Nc2cc(Cl)cc(NC3CCC(=O)NC3=O)c2)[C@H](C)C1.Cl. The number of piperazine rings is 1. The zero-order valence-electron chi connectivity index (χ0n) is 33.3. The standard InChI is InChI=1S/C41H44ClF3N8O5S.ClH/c1-5-25-16-31(53-39(59)52(38(57)40(53,3)4)30-7-6-26(21-46)32(20-30)41(43,44)45)8-10-34(25)58-15-14-50-12-13-51(24(2)22-50)23-36(55)48-29-18-27(42)17-28(19-29)47-33-9-11-35(54)49-37(33)56;/h6-8,10,16-20,24,33,47H,5,9,11-15,22-23H2,1-4H3,(H,48,55)(H,49,54,56);1H/t24-,33?;/m1./s1. The number of nitrogens with zero attached hydrogens (tertiary/aromatic N) is 5. The van der Waals surface area contributed by atoms with Crippen molar-refractivity contribution in [3.63, 3.8) is 0 Å². The summed E-state index contributed by atoms with van der Waals surface area (Å²) in [5, 5.41) is 17.9. The van der Waals surface area contributed by atoms with E-state index in [0.717, 1.165) is 22.6 Å². The van der Waals surface area contributed by atoms with Gasteiger partial charge < -0.3 is 20.3 Å². The minimum atomic E-state index is -4.80. The van der Waals surface area contributed by atoms with Crippen LogP contribution >= 0.6 is 36.2 Å². The highest BCUT2D eigenvalue weighted by Gasteiger charge is 2.51. The van der Waals surface area contributed by atoms with Crippen LogP contribution < -0.4 is 30.5 Å². The van der Waals surface area contributed by atoms with Crippen molar-refractivity contribution in [2.75, 3.05) is 59.8 Å². The largest absolute Gasteiger partial charge is 0.492 e. The van der Waals surface area contributed by atoms with Gasteiger partial charge in [0.2, 0.25) is 17.7 Å². The molecule has 3 N–H and O–H groups in total. The van der Waals surface area contributed by atoms with Crippen LogP contribution in [0.1, 0.15) is 57.2 Å². The number of thiocarbonyl (C=S) groups is 1. The lowest BCUT2D eigenvalue weighted by molar-refractivity contribution is -0.138. The number of amides is 4. The van der Waals surface area contributed by atoms with Crippen LogP contribution in [0.2, 0.25) is 5.02 Å². The van der Waals surface area contributed by atoms with E-state index in [-0.39, 0.29) is 54.0 Å². The summed E-state index contributed by atoms with van der Waals surface area (Å²) in [6, 6.07) is 14.6. The molecule has 60 heavy (non-hydrogen) atoms. The minimum Gasteiger partial charge on any atom is -0.492 e. The minimum absolute atomic E-state index is 0. The molecule has 3 fully saturated rings. The Kier molecular flexibility index (Phi) is 14.4. The number of piperidine rings is 1. The molecule has 0 aromatic heterocycles. The van der Waals surface area contributed by atoms with Crippen LogP contribution in [0.5, 0.6) is 5.75 Å². The first-order chi connectivity index (χ1) is 27.9. The summed E-state index contributed by atoms with van der Waals surface area (Å²) in [4.78, 5) is 57.5. The molecule has 3 aliphatic heterocycles. The van der Waals surface area contributed by atoms with E-state index in [0.29, 0.717) is 73.5 Å². The van der Waals surface area contributed by atoms with Crippen LogP contribution in [0.3, 0.4) is 0 Å². The Morgan fingerprint density at radius 2 is 1.78 bits per heavy atom. The van der Waals surface area contributed by atoms with E-state index in [1.54, 1.807) is 55.1 Å². The third-order valence-corrected chi connectivity index (χ3v) is 11.2. The molecule has 3 aliphatic rings. The summed E-state index contributed by atoms with van der Waals surface area (Å²) >= 11 is 12.0. The molecule has 0 bridgehead atoms. The van der Waals surface area contributed by atoms with Gasteiger partial charge in [-0.3, -0.25) is 39.2 Å². The van der Waals surface area contributed by atoms with Crippen molar-refractivity contribution in [3.05, 3.63) is 76.3 Å². The van der Waals surface area contributed by atoms with Crippen molar-refractivity contribution in [3.8, 4) is 11.8 Å². The van der Waals surface area contributed by atoms with E-state index in [4.69, 9.17) is 28.6 Å². The number of anilines is 4. The maximum Gasteiger partial charge on any atom is 0.417 e.